The molecule has 1 aromatic carbocycles. The quantitative estimate of drug-likeness (QED) is 0.665. The van der Waals surface area contributed by atoms with Gasteiger partial charge in [-0.05, 0) is 56.0 Å². The molecule has 2 aliphatic heterocycles. The summed E-state index contributed by atoms with van der Waals surface area (Å²) < 4.78 is 32.1. The Bertz CT molecular complexity index is 878. The van der Waals surface area contributed by atoms with Crippen LogP contribution in [0.4, 0.5) is 8.78 Å². The average molecular weight is 435 g/mol. The molecule has 3 aliphatic rings. The van der Waals surface area contributed by atoms with Gasteiger partial charge in [0.15, 0.2) is 0 Å². The van der Waals surface area contributed by atoms with Gasteiger partial charge in [0.1, 0.15) is 17.9 Å². The number of piperidine rings is 1. The molecule has 3 amide bonds. The summed E-state index contributed by atoms with van der Waals surface area (Å²) in [6, 6.07) is 4.50. The van der Waals surface area contributed by atoms with Crippen LogP contribution in [0.1, 0.15) is 54.9 Å². The van der Waals surface area contributed by atoms with Gasteiger partial charge in [-0.25, -0.2) is 8.78 Å². The molecule has 3 atom stereocenters. The van der Waals surface area contributed by atoms with Crippen molar-refractivity contribution in [1.29, 1.82) is 0 Å². The first kappa shape index (κ1) is 21.7. The van der Waals surface area contributed by atoms with Crippen LogP contribution in [-0.2, 0) is 16.1 Å². The Balaban J connectivity index is 1.46. The molecule has 1 aliphatic carbocycles. The number of likely N-dealkylation sites (N-methyl/N-ethyl adjacent to an activating group) is 1. The van der Waals surface area contributed by atoms with E-state index < -0.39 is 18.4 Å². The van der Waals surface area contributed by atoms with E-state index in [1.165, 1.54) is 4.90 Å². The minimum absolute atomic E-state index is 0.0612. The predicted octanol–water partition coefficient (Wildman–Crippen LogP) is 2.33. The molecule has 3 unspecified atom stereocenters. The molecule has 0 bridgehead atoms. The van der Waals surface area contributed by atoms with Crippen molar-refractivity contribution in [1.82, 2.24) is 15.1 Å². The van der Waals surface area contributed by atoms with E-state index in [1.54, 1.807) is 23.1 Å². The van der Waals surface area contributed by atoms with Gasteiger partial charge in [-0.1, -0.05) is 6.92 Å². The van der Waals surface area contributed by atoms with E-state index in [0.717, 1.165) is 24.8 Å². The Morgan fingerprint density at radius 2 is 2.03 bits per heavy atom. The van der Waals surface area contributed by atoms with Gasteiger partial charge < -0.3 is 9.64 Å². The fraction of sp³-hybridized carbons (Fsp3) is 0.591. The van der Waals surface area contributed by atoms with Crippen molar-refractivity contribution in [2.24, 2.45) is 0 Å². The van der Waals surface area contributed by atoms with E-state index in [2.05, 4.69) is 5.32 Å². The lowest BCUT2D eigenvalue weighted by Crippen LogP contribution is -2.52. The van der Waals surface area contributed by atoms with Crippen LogP contribution >= 0.6 is 0 Å². The smallest absolute Gasteiger partial charge is 0.255 e. The van der Waals surface area contributed by atoms with Gasteiger partial charge in [-0.15, -0.1) is 0 Å². The Morgan fingerprint density at radius 3 is 2.74 bits per heavy atom. The molecule has 0 radical (unpaired) electrons. The van der Waals surface area contributed by atoms with Crippen molar-refractivity contribution in [2.75, 3.05) is 13.1 Å². The summed E-state index contributed by atoms with van der Waals surface area (Å²) in [4.78, 5) is 39.7. The average Bonchev–Trinajstić information content (AvgIpc) is 3.30. The second kappa shape index (κ2) is 8.90. The first-order valence-electron chi connectivity index (χ1n) is 10.8. The number of imide groups is 1. The number of amides is 3. The number of halogens is 2. The lowest BCUT2D eigenvalue weighted by Gasteiger charge is -2.32. The molecule has 4 rings (SSSR count). The molecule has 0 aromatic heterocycles. The molecule has 2 fully saturated rings. The van der Waals surface area contributed by atoms with E-state index >= 15 is 0 Å². The summed E-state index contributed by atoms with van der Waals surface area (Å²) in [7, 11) is 0. The van der Waals surface area contributed by atoms with Crippen molar-refractivity contribution in [2.45, 2.75) is 70.2 Å². The molecule has 1 saturated carbocycles. The molecule has 9 heteroatoms. The second-order valence-corrected chi connectivity index (χ2v) is 8.35. The van der Waals surface area contributed by atoms with Crippen LogP contribution in [0, 0.1) is 0 Å². The van der Waals surface area contributed by atoms with Crippen molar-refractivity contribution < 1.29 is 27.9 Å². The number of hydrogen-bond acceptors (Lipinski definition) is 5. The number of rotatable bonds is 7. The highest BCUT2D eigenvalue weighted by atomic mass is 19.3. The minimum Gasteiger partial charge on any atom is -0.489 e. The Morgan fingerprint density at radius 1 is 1.23 bits per heavy atom. The largest absolute Gasteiger partial charge is 0.489 e. The molecule has 0 spiro atoms. The summed E-state index contributed by atoms with van der Waals surface area (Å²) in [5.41, 5.74) is 1.29. The second-order valence-electron chi connectivity index (χ2n) is 8.35. The molecule has 168 valence electrons. The normalized spacial score (nSPS) is 26.0. The molecule has 1 saturated heterocycles. The number of carbonyl (C=O) groups excluding carboxylic acids is 3. The van der Waals surface area contributed by atoms with E-state index in [1.807, 2.05) is 6.92 Å². The van der Waals surface area contributed by atoms with Gasteiger partial charge in [0, 0.05) is 24.6 Å². The van der Waals surface area contributed by atoms with Gasteiger partial charge >= 0.3 is 0 Å². The summed E-state index contributed by atoms with van der Waals surface area (Å²) >= 11 is 0. The minimum atomic E-state index is -2.38. The van der Waals surface area contributed by atoms with E-state index in [4.69, 9.17) is 4.74 Å². The lowest BCUT2D eigenvalue weighted by atomic mass is 10.0. The van der Waals surface area contributed by atoms with Crippen LogP contribution in [0.25, 0.3) is 0 Å². The number of nitrogens with one attached hydrogen (secondary N) is 1. The summed E-state index contributed by atoms with van der Waals surface area (Å²) in [5, 5.41) is 2.29. The van der Waals surface area contributed by atoms with Crippen molar-refractivity contribution >= 4 is 17.7 Å². The van der Waals surface area contributed by atoms with Crippen molar-refractivity contribution in [3.63, 3.8) is 0 Å². The first-order chi connectivity index (χ1) is 14.9. The highest BCUT2D eigenvalue weighted by Gasteiger charge is 2.39. The highest BCUT2D eigenvalue weighted by Crippen LogP contribution is 2.33. The van der Waals surface area contributed by atoms with Crippen LogP contribution in [-0.4, -0.2) is 65.2 Å². The Labute approximate surface area is 179 Å². The number of carbonyl (C=O) groups is 3. The number of fused-ring (bicyclic) bond motifs is 1. The zero-order valence-corrected chi connectivity index (χ0v) is 17.5. The van der Waals surface area contributed by atoms with Gasteiger partial charge in [0.05, 0.1) is 6.54 Å². The molecular weight excluding hydrogens is 408 g/mol. The number of benzene rings is 1. The fourth-order valence-corrected chi connectivity index (χ4v) is 4.94. The summed E-state index contributed by atoms with van der Waals surface area (Å²) in [5.74, 6) is -0.396. The maximum Gasteiger partial charge on any atom is 0.255 e. The van der Waals surface area contributed by atoms with E-state index in [0.29, 0.717) is 24.3 Å². The fourth-order valence-electron chi connectivity index (χ4n) is 4.94. The van der Waals surface area contributed by atoms with Crippen molar-refractivity contribution in [3.05, 3.63) is 29.3 Å². The maximum atomic E-state index is 12.9. The topological polar surface area (TPSA) is 79.0 Å². The van der Waals surface area contributed by atoms with Gasteiger partial charge in [-0.2, -0.15) is 0 Å². The monoisotopic (exact) mass is 435 g/mol. The summed E-state index contributed by atoms with van der Waals surface area (Å²) in [6.07, 6.45) is 0.489. The van der Waals surface area contributed by atoms with Crippen LogP contribution in [0.2, 0.25) is 0 Å². The molecule has 1 aromatic rings. The van der Waals surface area contributed by atoms with Crippen molar-refractivity contribution in [3.8, 4) is 5.75 Å². The summed E-state index contributed by atoms with van der Waals surface area (Å²) in [6.45, 7) is 2.43. The van der Waals surface area contributed by atoms with Gasteiger partial charge in [0.2, 0.25) is 11.8 Å². The standard InChI is InChI=1S/C22H27F2N3O4/c1-2-26(12-19(23)24)16-4-3-5-18(16)31-14-6-7-15-13(10-14)11-27(22(15)30)17-8-9-20(28)25-21(17)29/h6-7,10,16-19H,2-5,8-9,11-12H2,1H3,(H,25,28,29). The number of alkyl halides is 2. The number of hydrogen-bond donors (Lipinski definition) is 1. The van der Waals surface area contributed by atoms with Crippen LogP contribution in [0.3, 0.4) is 0 Å². The Hall–Kier alpha value is -2.55. The first-order valence-corrected chi connectivity index (χ1v) is 10.8. The third-order valence-electron chi connectivity index (χ3n) is 6.45. The van der Waals surface area contributed by atoms with E-state index in [-0.39, 0.29) is 43.5 Å². The molecule has 1 N–H and O–H groups in total. The molecular formula is C22H27F2N3O4. The number of nitrogens with zero attached hydrogens (tertiary/aromatic N) is 2. The highest BCUT2D eigenvalue weighted by molar-refractivity contribution is 6.05. The maximum absolute atomic E-state index is 12.9. The van der Waals surface area contributed by atoms with Crippen LogP contribution < -0.4 is 10.1 Å². The van der Waals surface area contributed by atoms with Crippen LogP contribution in [0.15, 0.2) is 18.2 Å². The zero-order valence-electron chi connectivity index (χ0n) is 17.5. The van der Waals surface area contributed by atoms with E-state index in [9.17, 15) is 23.2 Å². The van der Waals surface area contributed by atoms with Gasteiger partial charge in [0.25, 0.3) is 12.3 Å². The molecule has 7 nitrogen and oxygen atoms in total. The van der Waals surface area contributed by atoms with Crippen LogP contribution in [0.5, 0.6) is 5.75 Å². The SMILES string of the molecule is CCN(CC(F)F)C1CCCC1Oc1ccc2c(c1)CN(C1CCC(=O)NC1=O)C2=O. The third kappa shape index (κ3) is 4.42. The lowest BCUT2D eigenvalue weighted by molar-refractivity contribution is -0.136. The molecule has 2 heterocycles. The number of ether oxygens (including phenoxy) is 1. The van der Waals surface area contributed by atoms with Gasteiger partial charge in [-0.3, -0.25) is 24.6 Å². The zero-order chi connectivity index (χ0) is 22.1. The predicted molar refractivity (Wildman–Crippen MR) is 108 cm³/mol. The third-order valence-corrected chi connectivity index (χ3v) is 6.45. The Kier molecular flexibility index (Phi) is 6.22. The molecule has 31 heavy (non-hydrogen) atoms.